The van der Waals surface area contributed by atoms with Crippen LogP contribution in [0.15, 0.2) is 60.7 Å². The van der Waals surface area contributed by atoms with Crippen molar-refractivity contribution in [3.05, 3.63) is 87.4 Å². The summed E-state index contributed by atoms with van der Waals surface area (Å²) in [5.74, 6) is 0.159. The Kier molecular flexibility index (Phi) is 6.18. The van der Waals surface area contributed by atoms with Crippen molar-refractivity contribution in [1.82, 2.24) is 10.3 Å². The number of nitrogens with one attached hydrogen (secondary N) is 1. The molecule has 2 aromatic carbocycles. The van der Waals surface area contributed by atoms with E-state index in [2.05, 4.69) is 34.6 Å². The smallest absolute Gasteiger partial charge is 0.220 e. The Labute approximate surface area is 159 Å². The predicted octanol–water partition coefficient (Wildman–Crippen LogP) is 4.64. The first-order chi connectivity index (χ1) is 12.6. The molecule has 3 nitrogen and oxygen atoms in total. The molecule has 0 spiro atoms. The highest BCUT2D eigenvalue weighted by atomic mass is 32.1. The molecule has 1 heterocycles. The van der Waals surface area contributed by atoms with Crippen LogP contribution in [0.5, 0.6) is 0 Å². The second-order valence-electron chi connectivity index (χ2n) is 6.42. The molecule has 3 aromatic rings. The molecule has 0 atom stereocenters. The highest BCUT2D eigenvalue weighted by Gasteiger charge is 2.18. The summed E-state index contributed by atoms with van der Waals surface area (Å²) >= 11 is 1.71. The zero-order chi connectivity index (χ0) is 18.4. The van der Waals surface area contributed by atoms with Gasteiger partial charge in [0.05, 0.1) is 10.7 Å². The number of amides is 1. The van der Waals surface area contributed by atoms with Crippen LogP contribution in [0.4, 0.5) is 0 Å². The summed E-state index contributed by atoms with van der Waals surface area (Å²) in [7, 11) is 0. The van der Waals surface area contributed by atoms with Crippen LogP contribution < -0.4 is 5.32 Å². The molecule has 0 unspecified atom stereocenters. The van der Waals surface area contributed by atoms with Crippen LogP contribution in [0.2, 0.25) is 0 Å². The van der Waals surface area contributed by atoms with Crippen LogP contribution in [-0.2, 0) is 11.2 Å². The van der Waals surface area contributed by atoms with Crippen LogP contribution in [0.25, 0.3) is 0 Å². The van der Waals surface area contributed by atoms with E-state index in [0.29, 0.717) is 13.0 Å². The van der Waals surface area contributed by atoms with E-state index in [-0.39, 0.29) is 11.8 Å². The zero-order valence-corrected chi connectivity index (χ0v) is 16.1. The van der Waals surface area contributed by atoms with Crippen molar-refractivity contribution in [3.63, 3.8) is 0 Å². The molecule has 0 bridgehead atoms. The third kappa shape index (κ3) is 4.79. The molecule has 134 valence electrons. The summed E-state index contributed by atoms with van der Waals surface area (Å²) in [5, 5.41) is 4.16. The fraction of sp³-hybridized carbons (Fsp3) is 0.273. The zero-order valence-electron chi connectivity index (χ0n) is 15.2. The second kappa shape index (κ2) is 8.77. The molecule has 0 aliphatic carbocycles. The van der Waals surface area contributed by atoms with E-state index in [4.69, 9.17) is 0 Å². The number of rotatable bonds is 7. The van der Waals surface area contributed by atoms with Gasteiger partial charge in [-0.25, -0.2) is 4.98 Å². The van der Waals surface area contributed by atoms with Crippen LogP contribution in [0.3, 0.4) is 0 Å². The minimum atomic E-state index is 0.0739. The summed E-state index contributed by atoms with van der Waals surface area (Å²) < 4.78 is 0. The quantitative estimate of drug-likeness (QED) is 0.663. The fourth-order valence-electron chi connectivity index (χ4n) is 3.18. The van der Waals surface area contributed by atoms with Gasteiger partial charge in [-0.3, -0.25) is 4.79 Å². The molecule has 0 aliphatic rings. The second-order valence-corrected chi connectivity index (χ2v) is 7.71. The molecule has 0 saturated carbocycles. The highest BCUT2D eigenvalue weighted by molar-refractivity contribution is 7.11. The Morgan fingerprint density at radius 3 is 2.08 bits per heavy atom. The lowest BCUT2D eigenvalue weighted by atomic mass is 9.88. The van der Waals surface area contributed by atoms with E-state index >= 15 is 0 Å². The Morgan fingerprint density at radius 2 is 1.58 bits per heavy atom. The molecule has 0 fully saturated rings. The average Bonchev–Trinajstić information content (AvgIpc) is 2.98. The maximum absolute atomic E-state index is 12.6. The number of hydrogen-bond donors (Lipinski definition) is 1. The van der Waals surface area contributed by atoms with Gasteiger partial charge in [0, 0.05) is 30.2 Å². The monoisotopic (exact) mass is 364 g/mol. The van der Waals surface area contributed by atoms with E-state index in [1.54, 1.807) is 11.3 Å². The van der Waals surface area contributed by atoms with Crippen molar-refractivity contribution in [2.75, 3.05) is 6.54 Å². The van der Waals surface area contributed by atoms with Crippen molar-refractivity contribution < 1.29 is 4.79 Å². The van der Waals surface area contributed by atoms with Gasteiger partial charge in [-0.15, -0.1) is 11.3 Å². The predicted molar refractivity (Wildman–Crippen MR) is 108 cm³/mol. The minimum Gasteiger partial charge on any atom is -0.356 e. The number of hydrogen-bond acceptors (Lipinski definition) is 3. The summed E-state index contributed by atoms with van der Waals surface area (Å²) in [4.78, 5) is 18.3. The Morgan fingerprint density at radius 1 is 1.00 bits per heavy atom. The van der Waals surface area contributed by atoms with Gasteiger partial charge in [0.25, 0.3) is 0 Å². The summed E-state index contributed by atoms with van der Waals surface area (Å²) in [5.41, 5.74) is 3.42. The number of nitrogens with zero attached hydrogens (tertiary/aromatic N) is 1. The Hall–Kier alpha value is -2.46. The largest absolute Gasteiger partial charge is 0.356 e. The maximum Gasteiger partial charge on any atom is 0.220 e. The van der Waals surface area contributed by atoms with Crippen molar-refractivity contribution in [2.45, 2.75) is 32.6 Å². The van der Waals surface area contributed by atoms with Crippen LogP contribution in [0, 0.1) is 13.8 Å². The van der Waals surface area contributed by atoms with E-state index in [9.17, 15) is 4.79 Å². The van der Waals surface area contributed by atoms with Crippen LogP contribution in [0.1, 0.15) is 39.0 Å². The van der Waals surface area contributed by atoms with Gasteiger partial charge < -0.3 is 5.32 Å². The lowest BCUT2D eigenvalue weighted by molar-refractivity contribution is -0.121. The molecule has 0 aliphatic heterocycles. The number of carbonyl (C=O) groups is 1. The van der Waals surface area contributed by atoms with Gasteiger partial charge in [-0.1, -0.05) is 60.7 Å². The average molecular weight is 365 g/mol. The standard InChI is InChI=1S/C22H24N2OS/c1-16-21(26-17(2)24-16)13-14-23-22(25)15-20(18-9-5-3-6-10-18)19-11-7-4-8-12-19/h3-12,20H,13-15H2,1-2H3,(H,23,25). The number of benzene rings is 2. The third-order valence-corrected chi connectivity index (χ3v) is 5.60. The molecule has 0 saturated heterocycles. The van der Waals surface area contributed by atoms with Gasteiger partial charge in [0.2, 0.25) is 5.91 Å². The minimum absolute atomic E-state index is 0.0739. The number of carbonyl (C=O) groups excluding carboxylic acids is 1. The molecular formula is C22H24N2OS. The molecule has 3 rings (SSSR count). The van der Waals surface area contributed by atoms with Crippen LogP contribution in [-0.4, -0.2) is 17.4 Å². The molecule has 1 amide bonds. The van der Waals surface area contributed by atoms with Gasteiger partial charge in [-0.05, 0) is 25.0 Å². The van der Waals surface area contributed by atoms with Crippen molar-refractivity contribution >= 4 is 17.2 Å². The van der Waals surface area contributed by atoms with Crippen molar-refractivity contribution in [2.24, 2.45) is 0 Å². The maximum atomic E-state index is 12.6. The highest BCUT2D eigenvalue weighted by Crippen LogP contribution is 2.27. The normalized spacial score (nSPS) is 10.9. The van der Waals surface area contributed by atoms with E-state index < -0.39 is 0 Å². The van der Waals surface area contributed by atoms with Gasteiger partial charge in [0.1, 0.15) is 0 Å². The third-order valence-electron chi connectivity index (χ3n) is 4.47. The van der Waals surface area contributed by atoms with Crippen molar-refractivity contribution in [1.29, 1.82) is 0 Å². The molecule has 1 N–H and O–H groups in total. The van der Waals surface area contributed by atoms with E-state index in [1.807, 2.05) is 50.2 Å². The molecule has 0 radical (unpaired) electrons. The Bertz CT molecular complexity index is 804. The van der Waals surface area contributed by atoms with Crippen LogP contribution >= 0.6 is 11.3 Å². The number of aryl methyl sites for hydroxylation is 2. The first-order valence-electron chi connectivity index (χ1n) is 8.93. The van der Waals surface area contributed by atoms with Gasteiger partial charge in [-0.2, -0.15) is 0 Å². The number of thiazole rings is 1. The molecule has 4 heteroatoms. The van der Waals surface area contributed by atoms with E-state index in [1.165, 1.54) is 16.0 Å². The lowest BCUT2D eigenvalue weighted by Gasteiger charge is -2.18. The molecular weight excluding hydrogens is 340 g/mol. The number of aromatic nitrogens is 1. The Balaban J connectivity index is 1.63. The fourth-order valence-corrected chi connectivity index (χ4v) is 4.11. The van der Waals surface area contributed by atoms with Crippen molar-refractivity contribution in [3.8, 4) is 0 Å². The van der Waals surface area contributed by atoms with Gasteiger partial charge in [0.15, 0.2) is 0 Å². The summed E-state index contributed by atoms with van der Waals surface area (Å²) in [6.07, 6.45) is 1.29. The lowest BCUT2D eigenvalue weighted by Crippen LogP contribution is -2.27. The summed E-state index contributed by atoms with van der Waals surface area (Å²) in [6.45, 7) is 4.70. The first kappa shape index (κ1) is 18.3. The topological polar surface area (TPSA) is 42.0 Å². The molecule has 1 aromatic heterocycles. The molecule has 26 heavy (non-hydrogen) atoms. The first-order valence-corrected chi connectivity index (χ1v) is 9.74. The SMILES string of the molecule is Cc1nc(C)c(CCNC(=O)CC(c2ccccc2)c2ccccc2)s1. The summed E-state index contributed by atoms with van der Waals surface area (Å²) in [6, 6.07) is 20.5. The van der Waals surface area contributed by atoms with Gasteiger partial charge >= 0.3 is 0 Å². The van der Waals surface area contributed by atoms with E-state index in [0.717, 1.165) is 17.1 Å².